The molecule has 3 N–H and O–H groups in total. The van der Waals surface area contributed by atoms with Crippen LogP contribution in [0.3, 0.4) is 0 Å². The van der Waals surface area contributed by atoms with E-state index in [1.165, 1.54) is 0 Å². The SMILES string of the molecule is NCCc1nnc(C2CCNCC2)o1. The predicted octanol–water partition coefficient (Wildman–Crippen LogP) is 0.0378. The Morgan fingerprint density at radius 2 is 2.14 bits per heavy atom. The van der Waals surface area contributed by atoms with Crippen molar-refractivity contribution in [3.63, 3.8) is 0 Å². The van der Waals surface area contributed by atoms with Crippen molar-refractivity contribution < 1.29 is 4.42 Å². The van der Waals surface area contributed by atoms with E-state index in [0.717, 1.165) is 31.8 Å². The molecule has 0 atom stereocenters. The lowest BCUT2D eigenvalue weighted by Crippen LogP contribution is -2.26. The molecule has 1 saturated heterocycles. The van der Waals surface area contributed by atoms with Gasteiger partial charge in [0.25, 0.3) is 0 Å². The Bertz CT molecular complexity index is 280. The van der Waals surface area contributed by atoms with Crippen LogP contribution in [0.2, 0.25) is 0 Å². The Morgan fingerprint density at radius 1 is 1.36 bits per heavy atom. The van der Waals surface area contributed by atoms with E-state index in [4.69, 9.17) is 10.2 Å². The van der Waals surface area contributed by atoms with E-state index in [9.17, 15) is 0 Å². The van der Waals surface area contributed by atoms with Crippen LogP contribution in [0.5, 0.6) is 0 Å². The summed E-state index contributed by atoms with van der Waals surface area (Å²) in [7, 11) is 0. The zero-order valence-electron chi connectivity index (χ0n) is 8.20. The maximum absolute atomic E-state index is 5.53. The summed E-state index contributed by atoms with van der Waals surface area (Å²) < 4.78 is 5.53. The maximum Gasteiger partial charge on any atom is 0.219 e. The van der Waals surface area contributed by atoms with Crippen LogP contribution in [0.15, 0.2) is 4.42 Å². The van der Waals surface area contributed by atoms with Crippen molar-refractivity contribution >= 4 is 0 Å². The van der Waals surface area contributed by atoms with E-state index >= 15 is 0 Å². The third-order valence-electron chi connectivity index (χ3n) is 2.53. The highest BCUT2D eigenvalue weighted by molar-refractivity contribution is 4.94. The molecule has 0 spiro atoms. The minimum atomic E-state index is 0.440. The molecule has 1 aliphatic rings. The fourth-order valence-corrected chi connectivity index (χ4v) is 1.72. The molecule has 1 aliphatic heterocycles. The fraction of sp³-hybridized carbons (Fsp3) is 0.778. The monoisotopic (exact) mass is 196 g/mol. The van der Waals surface area contributed by atoms with Gasteiger partial charge in [0.2, 0.25) is 11.8 Å². The average Bonchev–Trinajstić information content (AvgIpc) is 2.68. The zero-order valence-corrected chi connectivity index (χ0v) is 8.20. The summed E-state index contributed by atoms with van der Waals surface area (Å²) in [4.78, 5) is 0. The number of nitrogens with one attached hydrogen (secondary N) is 1. The molecule has 0 bridgehead atoms. The van der Waals surface area contributed by atoms with Crippen LogP contribution in [-0.4, -0.2) is 29.8 Å². The van der Waals surface area contributed by atoms with Gasteiger partial charge in [-0.15, -0.1) is 10.2 Å². The number of nitrogens with zero attached hydrogens (tertiary/aromatic N) is 2. The van der Waals surface area contributed by atoms with Gasteiger partial charge in [-0.3, -0.25) is 0 Å². The molecule has 5 nitrogen and oxygen atoms in total. The minimum Gasteiger partial charge on any atom is -0.425 e. The molecule has 2 heterocycles. The number of nitrogens with two attached hydrogens (primary N) is 1. The van der Waals surface area contributed by atoms with Crippen LogP contribution in [0.4, 0.5) is 0 Å². The summed E-state index contributed by atoms with van der Waals surface area (Å²) in [5.41, 5.74) is 5.41. The molecule has 5 heteroatoms. The van der Waals surface area contributed by atoms with Gasteiger partial charge < -0.3 is 15.5 Å². The molecule has 0 amide bonds. The first-order valence-electron chi connectivity index (χ1n) is 5.13. The van der Waals surface area contributed by atoms with Crippen molar-refractivity contribution in [1.82, 2.24) is 15.5 Å². The molecule has 1 aromatic heterocycles. The molecule has 1 fully saturated rings. The Kier molecular flexibility index (Phi) is 3.10. The quantitative estimate of drug-likeness (QED) is 0.713. The Balaban J connectivity index is 2.00. The second kappa shape index (κ2) is 4.52. The van der Waals surface area contributed by atoms with Crippen molar-refractivity contribution in [2.24, 2.45) is 5.73 Å². The van der Waals surface area contributed by atoms with Crippen LogP contribution >= 0.6 is 0 Å². The molecule has 78 valence electrons. The second-order valence-electron chi connectivity index (χ2n) is 3.60. The molecule has 0 unspecified atom stereocenters. The smallest absolute Gasteiger partial charge is 0.219 e. The Morgan fingerprint density at radius 3 is 2.86 bits per heavy atom. The van der Waals surface area contributed by atoms with Gasteiger partial charge in [0.05, 0.1) is 0 Å². The van der Waals surface area contributed by atoms with Crippen molar-refractivity contribution in [3.8, 4) is 0 Å². The summed E-state index contributed by atoms with van der Waals surface area (Å²) in [6.45, 7) is 2.65. The van der Waals surface area contributed by atoms with Crippen LogP contribution in [0, 0.1) is 0 Å². The van der Waals surface area contributed by atoms with Crippen LogP contribution in [0.25, 0.3) is 0 Å². The fourth-order valence-electron chi connectivity index (χ4n) is 1.72. The van der Waals surface area contributed by atoms with Crippen LogP contribution in [0.1, 0.15) is 30.5 Å². The normalized spacial score (nSPS) is 18.6. The molecular formula is C9H16N4O. The van der Waals surface area contributed by atoms with Gasteiger partial charge in [-0.25, -0.2) is 0 Å². The first-order chi connectivity index (χ1) is 6.90. The highest BCUT2D eigenvalue weighted by Crippen LogP contribution is 2.23. The molecule has 0 aromatic carbocycles. The number of piperidine rings is 1. The predicted molar refractivity (Wildman–Crippen MR) is 51.9 cm³/mol. The van der Waals surface area contributed by atoms with Gasteiger partial charge in [0, 0.05) is 18.9 Å². The Labute approximate surface area is 83.1 Å². The highest BCUT2D eigenvalue weighted by Gasteiger charge is 2.20. The number of rotatable bonds is 3. The van der Waals surface area contributed by atoms with Crippen molar-refractivity contribution in [1.29, 1.82) is 0 Å². The maximum atomic E-state index is 5.53. The van der Waals surface area contributed by atoms with E-state index in [1.54, 1.807) is 0 Å². The van der Waals surface area contributed by atoms with Gasteiger partial charge in [-0.05, 0) is 25.9 Å². The largest absolute Gasteiger partial charge is 0.425 e. The summed E-state index contributed by atoms with van der Waals surface area (Å²) in [5, 5.41) is 11.3. The van der Waals surface area contributed by atoms with Crippen molar-refractivity contribution in [3.05, 3.63) is 11.8 Å². The average molecular weight is 196 g/mol. The Hall–Kier alpha value is -0.940. The lowest BCUT2D eigenvalue weighted by atomic mass is 9.98. The van der Waals surface area contributed by atoms with Gasteiger partial charge in [0.15, 0.2) is 0 Å². The van der Waals surface area contributed by atoms with Gasteiger partial charge in [0.1, 0.15) is 0 Å². The van der Waals surface area contributed by atoms with Gasteiger partial charge >= 0.3 is 0 Å². The van der Waals surface area contributed by atoms with Crippen LogP contribution < -0.4 is 11.1 Å². The third-order valence-corrected chi connectivity index (χ3v) is 2.53. The van der Waals surface area contributed by atoms with Crippen molar-refractivity contribution in [2.75, 3.05) is 19.6 Å². The number of hydrogen-bond donors (Lipinski definition) is 2. The summed E-state index contributed by atoms with van der Waals surface area (Å²) in [6, 6.07) is 0. The van der Waals surface area contributed by atoms with E-state index < -0.39 is 0 Å². The molecule has 0 radical (unpaired) electrons. The third kappa shape index (κ3) is 2.10. The topological polar surface area (TPSA) is 77.0 Å². The van der Waals surface area contributed by atoms with Crippen LogP contribution in [-0.2, 0) is 6.42 Å². The van der Waals surface area contributed by atoms with E-state index in [-0.39, 0.29) is 0 Å². The lowest BCUT2D eigenvalue weighted by molar-refractivity contribution is 0.361. The standard InChI is InChI=1S/C9H16N4O/c10-4-1-8-12-13-9(14-8)7-2-5-11-6-3-7/h7,11H,1-6,10H2. The molecule has 0 saturated carbocycles. The van der Waals surface area contributed by atoms with Gasteiger partial charge in [-0.1, -0.05) is 0 Å². The molecule has 2 rings (SSSR count). The first-order valence-corrected chi connectivity index (χ1v) is 5.13. The number of hydrogen-bond acceptors (Lipinski definition) is 5. The second-order valence-corrected chi connectivity index (χ2v) is 3.60. The van der Waals surface area contributed by atoms with E-state index in [1.807, 2.05) is 0 Å². The molecular weight excluding hydrogens is 180 g/mol. The summed E-state index contributed by atoms with van der Waals surface area (Å²) >= 11 is 0. The summed E-state index contributed by atoms with van der Waals surface area (Å²) in [6.07, 6.45) is 2.85. The van der Waals surface area contributed by atoms with E-state index in [2.05, 4.69) is 15.5 Å². The summed E-state index contributed by atoms with van der Waals surface area (Å²) in [5.74, 6) is 1.89. The lowest BCUT2D eigenvalue weighted by Gasteiger charge is -2.18. The minimum absolute atomic E-state index is 0.440. The first kappa shape index (κ1) is 9.61. The highest BCUT2D eigenvalue weighted by atomic mass is 16.4. The number of aromatic nitrogens is 2. The molecule has 0 aliphatic carbocycles. The zero-order chi connectivity index (χ0) is 9.80. The van der Waals surface area contributed by atoms with E-state index in [0.29, 0.717) is 24.8 Å². The van der Waals surface area contributed by atoms with Crippen molar-refractivity contribution in [2.45, 2.75) is 25.2 Å². The van der Waals surface area contributed by atoms with Gasteiger partial charge in [-0.2, -0.15) is 0 Å². The molecule has 1 aromatic rings. The molecule has 14 heavy (non-hydrogen) atoms.